The molecule has 0 saturated heterocycles. The van der Waals surface area contributed by atoms with E-state index in [4.69, 9.17) is 25.3 Å². The zero-order valence-electron chi connectivity index (χ0n) is 29.9. The second-order valence-electron chi connectivity index (χ2n) is 14.0. The minimum absolute atomic E-state index is 0.106. The Labute approximate surface area is 287 Å². The highest BCUT2D eigenvalue weighted by molar-refractivity contribution is 7.80. The van der Waals surface area contributed by atoms with Gasteiger partial charge in [0.05, 0.1) is 0 Å². The molecule has 0 aliphatic rings. The SMILES string of the molecule is CCCCCCCCCCCCC(S)c1cc(CCCCCCCCC)cc(C(S)CCCCCCCCCCCC)c1O. The maximum absolute atomic E-state index is 11.5. The number of thiol groups is 2. The highest BCUT2D eigenvalue weighted by Gasteiger charge is 2.20. The van der Waals surface area contributed by atoms with Crippen molar-refractivity contribution in [2.24, 2.45) is 0 Å². The zero-order chi connectivity index (χ0) is 32.1. The minimum atomic E-state index is 0.106. The van der Waals surface area contributed by atoms with E-state index in [0.717, 1.165) is 30.4 Å². The van der Waals surface area contributed by atoms with Gasteiger partial charge < -0.3 is 5.11 Å². The van der Waals surface area contributed by atoms with Crippen LogP contribution in [0.15, 0.2) is 12.1 Å². The Morgan fingerprint density at radius 1 is 0.432 bits per heavy atom. The molecule has 2 atom stereocenters. The van der Waals surface area contributed by atoms with E-state index in [2.05, 4.69) is 32.9 Å². The summed E-state index contributed by atoms with van der Waals surface area (Å²) >= 11 is 10.1. The molecule has 0 fully saturated rings. The molecule has 1 N–H and O–H groups in total. The number of aryl methyl sites for hydroxylation is 1. The predicted molar refractivity (Wildman–Crippen MR) is 206 cm³/mol. The van der Waals surface area contributed by atoms with Crippen molar-refractivity contribution in [3.63, 3.8) is 0 Å². The van der Waals surface area contributed by atoms with E-state index in [-0.39, 0.29) is 10.5 Å². The van der Waals surface area contributed by atoms with Gasteiger partial charge in [-0.2, -0.15) is 25.3 Å². The first-order valence-electron chi connectivity index (χ1n) is 19.8. The smallest absolute Gasteiger partial charge is 0.124 e. The number of hydrogen-bond acceptors (Lipinski definition) is 3. The van der Waals surface area contributed by atoms with Crippen LogP contribution in [-0.4, -0.2) is 5.11 Å². The van der Waals surface area contributed by atoms with Crippen LogP contribution in [0.1, 0.15) is 234 Å². The molecular formula is C41H76OS2. The second-order valence-corrected chi connectivity index (χ2v) is 15.2. The van der Waals surface area contributed by atoms with Crippen LogP contribution < -0.4 is 0 Å². The van der Waals surface area contributed by atoms with Gasteiger partial charge in [0, 0.05) is 21.6 Å². The summed E-state index contributed by atoms with van der Waals surface area (Å²) in [5, 5.41) is 11.7. The molecule has 3 heteroatoms. The van der Waals surface area contributed by atoms with Crippen LogP contribution in [0.25, 0.3) is 0 Å². The summed E-state index contributed by atoms with van der Waals surface area (Å²) in [6, 6.07) is 4.57. The largest absolute Gasteiger partial charge is 0.507 e. The second kappa shape index (κ2) is 30.1. The maximum atomic E-state index is 11.5. The highest BCUT2D eigenvalue weighted by Crippen LogP contribution is 2.41. The predicted octanol–water partition coefficient (Wildman–Crippen LogP) is 15.2. The van der Waals surface area contributed by atoms with Crippen LogP contribution in [0.5, 0.6) is 5.75 Å². The number of phenolic OH excluding ortho intramolecular Hbond substituents is 1. The molecule has 0 aliphatic carbocycles. The number of rotatable bonds is 32. The normalized spacial score (nSPS) is 13.0. The molecule has 2 unspecified atom stereocenters. The lowest BCUT2D eigenvalue weighted by atomic mass is 9.93. The lowest BCUT2D eigenvalue weighted by Crippen LogP contribution is -2.01. The van der Waals surface area contributed by atoms with E-state index in [9.17, 15) is 5.11 Å². The first-order chi connectivity index (χ1) is 21.5. The van der Waals surface area contributed by atoms with Gasteiger partial charge in [-0.3, -0.25) is 0 Å². The van der Waals surface area contributed by atoms with Gasteiger partial charge in [-0.1, -0.05) is 200 Å². The van der Waals surface area contributed by atoms with Crippen LogP contribution in [0, 0.1) is 0 Å². The molecule has 0 heterocycles. The molecule has 0 amide bonds. The summed E-state index contributed by atoms with van der Waals surface area (Å²) in [4.78, 5) is 0. The fourth-order valence-corrected chi connectivity index (χ4v) is 7.40. The molecule has 1 aromatic carbocycles. The fraction of sp³-hybridized carbons (Fsp3) is 0.854. The zero-order valence-corrected chi connectivity index (χ0v) is 31.7. The van der Waals surface area contributed by atoms with E-state index in [1.807, 2.05) is 0 Å². The Hall–Kier alpha value is -0.280. The van der Waals surface area contributed by atoms with E-state index in [1.54, 1.807) is 0 Å². The molecule has 1 rings (SSSR count). The van der Waals surface area contributed by atoms with E-state index >= 15 is 0 Å². The molecule has 0 saturated carbocycles. The lowest BCUT2D eigenvalue weighted by Gasteiger charge is -2.21. The van der Waals surface area contributed by atoms with Crippen molar-refractivity contribution in [2.45, 2.75) is 224 Å². The average molecular weight is 649 g/mol. The lowest BCUT2D eigenvalue weighted by molar-refractivity contribution is 0.455. The molecular weight excluding hydrogens is 573 g/mol. The Balaban J connectivity index is 2.60. The maximum Gasteiger partial charge on any atom is 0.124 e. The van der Waals surface area contributed by atoms with Gasteiger partial charge in [0.25, 0.3) is 0 Å². The molecule has 258 valence electrons. The summed E-state index contributed by atoms with van der Waals surface area (Å²) in [6.07, 6.45) is 39.6. The Kier molecular flexibility index (Phi) is 28.5. The molecule has 0 bridgehead atoms. The molecule has 1 aromatic rings. The molecule has 44 heavy (non-hydrogen) atoms. The van der Waals surface area contributed by atoms with Crippen molar-refractivity contribution < 1.29 is 5.11 Å². The van der Waals surface area contributed by atoms with Gasteiger partial charge in [0.15, 0.2) is 0 Å². The Morgan fingerprint density at radius 2 is 0.705 bits per heavy atom. The van der Waals surface area contributed by atoms with Gasteiger partial charge in [-0.15, -0.1) is 0 Å². The van der Waals surface area contributed by atoms with Crippen LogP contribution in [0.4, 0.5) is 0 Å². The Morgan fingerprint density at radius 3 is 1.02 bits per heavy atom. The first kappa shape index (κ1) is 41.7. The molecule has 0 aliphatic heterocycles. The highest BCUT2D eigenvalue weighted by atomic mass is 32.1. The van der Waals surface area contributed by atoms with Crippen molar-refractivity contribution in [1.29, 1.82) is 0 Å². The van der Waals surface area contributed by atoms with Gasteiger partial charge in [0.2, 0.25) is 0 Å². The van der Waals surface area contributed by atoms with Crippen molar-refractivity contribution in [1.82, 2.24) is 0 Å². The van der Waals surface area contributed by atoms with E-state index < -0.39 is 0 Å². The third kappa shape index (κ3) is 21.5. The van der Waals surface area contributed by atoms with Gasteiger partial charge in [0.1, 0.15) is 5.75 Å². The monoisotopic (exact) mass is 649 g/mol. The third-order valence-electron chi connectivity index (χ3n) is 9.68. The summed E-state index contributed by atoms with van der Waals surface area (Å²) in [7, 11) is 0. The van der Waals surface area contributed by atoms with Crippen LogP contribution in [-0.2, 0) is 6.42 Å². The first-order valence-corrected chi connectivity index (χ1v) is 20.8. The average Bonchev–Trinajstić information content (AvgIpc) is 3.02. The van der Waals surface area contributed by atoms with E-state index in [0.29, 0.717) is 5.75 Å². The van der Waals surface area contributed by atoms with Crippen molar-refractivity contribution >= 4 is 25.3 Å². The number of benzene rings is 1. The van der Waals surface area contributed by atoms with Gasteiger partial charge in [-0.25, -0.2) is 0 Å². The summed E-state index contributed by atoms with van der Waals surface area (Å²) in [5.74, 6) is 0.479. The molecule has 0 aromatic heterocycles. The summed E-state index contributed by atoms with van der Waals surface area (Å²) < 4.78 is 0. The van der Waals surface area contributed by atoms with E-state index in [1.165, 1.54) is 179 Å². The quantitative estimate of drug-likeness (QED) is 0.0524. The van der Waals surface area contributed by atoms with Crippen molar-refractivity contribution in [3.05, 3.63) is 28.8 Å². The summed E-state index contributed by atoms with van der Waals surface area (Å²) in [5.41, 5.74) is 3.49. The minimum Gasteiger partial charge on any atom is -0.507 e. The van der Waals surface area contributed by atoms with Gasteiger partial charge in [-0.05, 0) is 31.2 Å². The molecule has 0 radical (unpaired) electrons. The fourth-order valence-electron chi connectivity index (χ4n) is 6.64. The number of unbranched alkanes of at least 4 members (excludes halogenated alkanes) is 24. The van der Waals surface area contributed by atoms with Crippen molar-refractivity contribution in [3.8, 4) is 5.75 Å². The number of phenols is 1. The van der Waals surface area contributed by atoms with Crippen LogP contribution in [0.2, 0.25) is 0 Å². The number of aromatic hydroxyl groups is 1. The molecule has 1 nitrogen and oxygen atoms in total. The Bertz CT molecular complexity index is 712. The van der Waals surface area contributed by atoms with Crippen molar-refractivity contribution in [2.75, 3.05) is 0 Å². The number of hydrogen-bond donors (Lipinski definition) is 3. The summed E-state index contributed by atoms with van der Waals surface area (Å²) in [6.45, 7) is 6.87. The molecule has 0 spiro atoms. The topological polar surface area (TPSA) is 20.2 Å². The van der Waals surface area contributed by atoms with Gasteiger partial charge >= 0.3 is 0 Å². The van der Waals surface area contributed by atoms with Crippen LogP contribution in [0.3, 0.4) is 0 Å². The van der Waals surface area contributed by atoms with Crippen LogP contribution >= 0.6 is 25.3 Å². The third-order valence-corrected chi connectivity index (χ3v) is 10.8. The standard InChI is InChI=1S/C41H76OS2/c1-4-7-10-13-16-18-20-23-26-29-32-39(43)37-34-36(31-28-25-22-15-12-9-6-3)35-38(41(37)42)40(44)33-30-27-24-21-19-17-14-11-8-5-2/h34-35,39-40,42-44H,4-33H2,1-3H3.